The molecule has 1 aromatic carbocycles. The zero-order valence-corrected chi connectivity index (χ0v) is 11.4. The molecule has 3 nitrogen and oxygen atoms in total. The summed E-state index contributed by atoms with van der Waals surface area (Å²) in [6.45, 7) is 0.582. The lowest BCUT2D eigenvalue weighted by Crippen LogP contribution is -2.16. The summed E-state index contributed by atoms with van der Waals surface area (Å²) >= 11 is 1.83. The van der Waals surface area contributed by atoms with E-state index >= 15 is 0 Å². The summed E-state index contributed by atoms with van der Waals surface area (Å²) < 4.78 is 37.7. The highest BCUT2D eigenvalue weighted by Crippen LogP contribution is 2.32. The topological polar surface area (TPSA) is 49.3 Å². The van der Waals surface area contributed by atoms with Crippen LogP contribution in [-0.2, 0) is 6.18 Å². The molecule has 0 spiro atoms. The van der Waals surface area contributed by atoms with Gasteiger partial charge < -0.3 is 10.4 Å². The molecule has 0 bridgehead atoms. The lowest BCUT2D eigenvalue weighted by molar-refractivity contribution is -0.137. The first kappa shape index (κ1) is 15.0. The van der Waals surface area contributed by atoms with Crippen LogP contribution in [0.4, 0.5) is 18.9 Å². The first-order valence-electron chi connectivity index (χ1n) is 6.14. The molecule has 0 aliphatic carbocycles. The fourth-order valence-corrected chi connectivity index (χ4v) is 3.33. The second-order valence-electron chi connectivity index (χ2n) is 4.67. The number of benzene rings is 1. The number of hydrogen-bond acceptors (Lipinski definition) is 3. The monoisotopic (exact) mass is 305 g/mol. The Morgan fingerprint density at radius 3 is 2.75 bits per heavy atom. The van der Waals surface area contributed by atoms with Crippen molar-refractivity contribution >= 4 is 23.4 Å². The number of anilines is 1. The summed E-state index contributed by atoms with van der Waals surface area (Å²) in [7, 11) is 0. The number of nitrogens with one attached hydrogen (secondary N) is 1. The molecular weight excluding hydrogens is 291 g/mol. The van der Waals surface area contributed by atoms with Crippen molar-refractivity contribution in [1.29, 1.82) is 0 Å². The summed E-state index contributed by atoms with van der Waals surface area (Å²) in [5.74, 6) is 1.14. The van der Waals surface area contributed by atoms with Gasteiger partial charge in [0.1, 0.15) is 0 Å². The van der Waals surface area contributed by atoms with E-state index in [4.69, 9.17) is 5.11 Å². The lowest BCUT2D eigenvalue weighted by Gasteiger charge is -2.15. The normalized spacial score (nSPS) is 19.1. The van der Waals surface area contributed by atoms with Gasteiger partial charge in [0.15, 0.2) is 0 Å². The molecule has 7 heteroatoms. The third-order valence-corrected chi connectivity index (χ3v) is 4.41. The average Bonchev–Trinajstić information content (AvgIpc) is 2.88. The van der Waals surface area contributed by atoms with Gasteiger partial charge in [-0.3, -0.25) is 0 Å². The van der Waals surface area contributed by atoms with Crippen molar-refractivity contribution in [2.45, 2.75) is 12.6 Å². The Morgan fingerprint density at radius 1 is 1.45 bits per heavy atom. The van der Waals surface area contributed by atoms with Crippen molar-refractivity contribution in [3.8, 4) is 0 Å². The van der Waals surface area contributed by atoms with Gasteiger partial charge in [0.05, 0.1) is 11.1 Å². The molecular formula is C13H14F3NO2S. The molecule has 0 aromatic heterocycles. The number of carbonyl (C=O) groups is 1. The van der Waals surface area contributed by atoms with Crippen molar-refractivity contribution < 1.29 is 23.1 Å². The number of rotatable bonds is 4. The fraction of sp³-hybridized carbons (Fsp3) is 0.462. The van der Waals surface area contributed by atoms with E-state index in [1.54, 1.807) is 0 Å². The van der Waals surface area contributed by atoms with Crippen LogP contribution in [0.3, 0.4) is 0 Å². The van der Waals surface area contributed by atoms with Crippen molar-refractivity contribution in [3.05, 3.63) is 29.3 Å². The van der Waals surface area contributed by atoms with Crippen molar-refractivity contribution in [2.24, 2.45) is 5.92 Å². The first-order chi connectivity index (χ1) is 9.38. The number of aromatic carboxylic acids is 1. The molecule has 1 unspecified atom stereocenters. The van der Waals surface area contributed by atoms with E-state index in [0.29, 0.717) is 18.5 Å². The van der Waals surface area contributed by atoms with Crippen LogP contribution in [0.5, 0.6) is 0 Å². The minimum Gasteiger partial charge on any atom is -0.478 e. The van der Waals surface area contributed by atoms with Crippen molar-refractivity contribution in [3.63, 3.8) is 0 Å². The SMILES string of the molecule is O=C(O)c1cc(C(F)(F)F)ccc1NCC1CCSC1. The predicted octanol–water partition coefficient (Wildman–Crippen LogP) is 3.57. The second-order valence-corrected chi connectivity index (χ2v) is 5.82. The zero-order chi connectivity index (χ0) is 14.8. The zero-order valence-electron chi connectivity index (χ0n) is 10.5. The number of alkyl halides is 3. The summed E-state index contributed by atoms with van der Waals surface area (Å²) in [6, 6.07) is 2.76. The van der Waals surface area contributed by atoms with Gasteiger partial charge in [0, 0.05) is 12.2 Å². The Bertz CT molecular complexity index is 499. The fourth-order valence-electron chi connectivity index (χ4n) is 2.05. The van der Waals surface area contributed by atoms with Crippen LogP contribution in [0.1, 0.15) is 22.3 Å². The van der Waals surface area contributed by atoms with Crippen LogP contribution >= 0.6 is 11.8 Å². The Kier molecular flexibility index (Phi) is 4.47. The molecule has 0 amide bonds. The molecule has 0 saturated carbocycles. The van der Waals surface area contributed by atoms with E-state index in [-0.39, 0.29) is 11.3 Å². The van der Waals surface area contributed by atoms with Gasteiger partial charge in [0.25, 0.3) is 0 Å². The highest BCUT2D eigenvalue weighted by molar-refractivity contribution is 7.99. The maximum absolute atomic E-state index is 12.6. The smallest absolute Gasteiger partial charge is 0.416 e. The van der Waals surface area contributed by atoms with Crippen LogP contribution in [0.2, 0.25) is 0 Å². The highest BCUT2D eigenvalue weighted by atomic mass is 32.2. The van der Waals surface area contributed by atoms with Crippen LogP contribution in [-0.4, -0.2) is 29.1 Å². The van der Waals surface area contributed by atoms with E-state index in [1.807, 2.05) is 11.8 Å². The van der Waals surface area contributed by atoms with Crippen LogP contribution < -0.4 is 5.32 Å². The molecule has 1 fully saturated rings. The molecule has 1 aliphatic rings. The van der Waals surface area contributed by atoms with E-state index in [1.165, 1.54) is 6.07 Å². The minimum absolute atomic E-state index is 0.238. The number of carboxylic acid groups (broad SMARTS) is 1. The van der Waals surface area contributed by atoms with Gasteiger partial charge >= 0.3 is 12.1 Å². The molecule has 2 rings (SSSR count). The standard InChI is InChI=1S/C13H14F3NO2S/c14-13(15,16)9-1-2-11(10(5-9)12(18)19)17-6-8-3-4-20-7-8/h1-2,5,8,17H,3-4,6-7H2,(H,18,19). The largest absolute Gasteiger partial charge is 0.478 e. The summed E-state index contributed by atoms with van der Waals surface area (Å²) in [5.41, 5.74) is -1.05. The van der Waals surface area contributed by atoms with Gasteiger partial charge in [-0.25, -0.2) is 4.79 Å². The quantitative estimate of drug-likeness (QED) is 0.893. The van der Waals surface area contributed by atoms with Gasteiger partial charge in [-0.15, -0.1) is 0 Å². The van der Waals surface area contributed by atoms with Crippen LogP contribution in [0.15, 0.2) is 18.2 Å². The molecule has 2 N–H and O–H groups in total. The molecule has 1 aliphatic heterocycles. The average molecular weight is 305 g/mol. The number of hydrogen-bond donors (Lipinski definition) is 2. The molecule has 110 valence electrons. The first-order valence-corrected chi connectivity index (χ1v) is 7.29. The Balaban J connectivity index is 2.17. The second kappa shape index (κ2) is 5.95. The molecule has 1 atom stereocenters. The molecule has 0 radical (unpaired) electrons. The molecule has 1 heterocycles. The van der Waals surface area contributed by atoms with Gasteiger partial charge in [0.2, 0.25) is 0 Å². The minimum atomic E-state index is -4.54. The van der Waals surface area contributed by atoms with E-state index < -0.39 is 17.7 Å². The number of halogens is 3. The van der Waals surface area contributed by atoms with Gasteiger partial charge in [-0.1, -0.05) is 0 Å². The van der Waals surface area contributed by atoms with E-state index in [9.17, 15) is 18.0 Å². The number of thioether (sulfide) groups is 1. The molecule has 1 aromatic rings. The third-order valence-electron chi connectivity index (χ3n) is 3.18. The maximum atomic E-state index is 12.6. The van der Waals surface area contributed by atoms with Crippen molar-refractivity contribution in [2.75, 3.05) is 23.4 Å². The molecule has 1 saturated heterocycles. The summed E-state index contributed by atoms with van der Waals surface area (Å²) in [5, 5.41) is 12.0. The molecule has 20 heavy (non-hydrogen) atoms. The van der Waals surface area contributed by atoms with E-state index in [2.05, 4.69) is 5.32 Å². The summed E-state index contributed by atoms with van der Waals surface area (Å²) in [6.07, 6.45) is -3.49. The predicted molar refractivity (Wildman–Crippen MR) is 72.3 cm³/mol. The van der Waals surface area contributed by atoms with E-state index in [0.717, 1.165) is 24.0 Å². The van der Waals surface area contributed by atoms with Crippen LogP contribution in [0.25, 0.3) is 0 Å². The van der Waals surface area contributed by atoms with Crippen molar-refractivity contribution in [1.82, 2.24) is 0 Å². The Labute approximate surface area is 118 Å². The number of carboxylic acids is 1. The maximum Gasteiger partial charge on any atom is 0.416 e. The Morgan fingerprint density at radius 2 is 2.20 bits per heavy atom. The third kappa shape index (κ3) is 3.59. The highest BCUT2D eigenvalue weighted by Gasteiger charge is 2.31. The van der Waals surface area contributed by atoms with Crippen LogP contribution in [0, 0.1) is 5.92 Å². The van der Waals surface area contributed by atoms with Gasteiger partial charge in [-0.2, -0.15) is 24.9 Å². The lowest BCUT2D eigenvalue weighted by atomic mass is 10.1. The summed E-state index contributed by atoms with van der Waals surface area (Å²) in [4.78, 5) is 11.1. The van der Waals surface area contributed by atoms with Gasteiger partial charge in [-0.05, 0) is 42.0 Å². The Hall–Kier alpha value is -1.37.